The first-order chi connectivity index (χ1) is 7.67. The van der Waals surface area contributed by atoms with Crippen LogP contribution >= 0.6 is 0 Å². The van der Waals surface area contributed by atoms with Crippen molar-refractivity contribution in [2.24, 2.45) is 17.8 Å². The van der Waals surface area contributed by atoms with Crippen molar-refractivity contribution in [3.8, 4) is 0 Å². The van der Waals surface area contributed by atoms with E-state index in [-0.39, 0.29) is 5.78 Å². The Balaban J connectivity index is 1.60. The Labute approximate surface area is 97.4 Å². The molecule has 3 aliphatic rings. The van der Waals surface area contributed by atoms with Gasteiger partial charge in [-0.2, -0.15) is 0 Å². The van der Waals surface area contributed by atoms with Crippen LogP contribution in [0.3, 0.4) is 0 Å². The highest BCUT2D eigenvalue weighted by Crippen LogP contribution is 2.50. The van der Waals surface area contributed by atoms with Crippen LogP contribution in [0.25, 0.3) is 0 Å². The SMILES string of the molecule is O=C(CC1CC2CCC1C2)C1(O)CCCC1. The maximum atomic E-state index is 12.1. The summed E-state index contributed by atoms with van der Waals surface area (Å²) in [5, 5.41) is 10.2. The van der Waals surface area contributed by atoms with Gasteiger partial charge < -0.3 is 5.11 Å². The van der Waals surface area contributed by atoms with Crippen LogP contribution in [0.4, 0.5) is 0 Å². The van der Waals surface area contributed by atoms with Crippen LogP contribution in [0.15, 0.2) is 0 Å². The average molecular weight is 222 g/mol. The molecule has 90 valence electrons. The molecule has 0 spiro atoms. The molecular formula is C14H22O2. The molecule has 0 saturated heterocycles. The van der Waals surface area contributed by atoms with Gasteiger partial charge in [-0.25, -0.2) is 0 Å². The van der Waals surface area contributed by atoms with Crippen LogP contribution in [0.1, 0.15) is 57.8 Å². The summed E-state index contributed by atoms with van der Waals surface area (Å²) in [6, 6.07) is 0. The number of Topliss-reactive ketones (excluding diaryl/α,β-unsaturated/α-hetero) is 1. The smallest absolute Gasteiger partial charge is 0.164 e. The lowest BCUT2D eigenvalue weighted by Crippen LogP contribution is -2.37. The molecule has 3 aliphatic carbocycles. The highest BCUT2D eigenvalue weighted by molar-refractivity contribution is 5.87. The van der Waals surface area contributed by atoms with E-state index in [1.807, 2.05) is 0 Å². The highest BCUT2D eigenvalue weighted by atomic mass is 16.3. The second-order valence-corrected chi connectivity index (χ2v) is 6.30. The van der Waals surface area contributed by atoms with Gasteiger partial charge in [0.1, 0.15) is 5.60 Å². The number of carbonyl (C=O) groups excluding carboxylic acids is 1. The molecular weight excluding hydrogens is 200 g/mol. The van der Waals surface area contributed by atoms with E-state index in [4.69, 9.17) is 0 Å². The van der Waals surface area contributed by atoms with Crippen molar-refractivity contribution in [3.05, 3.63) is 0 Å². The van der Waals surface area contributed by atoms with Crippen molar-refractivity contribution in [3.63, 3.8) is 0 Å². The van der Waals surface area contributed by atoms with Gasteiger partial charge in [-0.05, 0) is 62.7 Å². The maximum absolute atomic E-state index is 12.1. The third kappa shape index (κ3) is 1.71. The first-order valence-corrected chi connectivity index (χ1v) is 6.93. The van der Waals surface area contributed by atoms with Crippen molar-refractivity contribution < 1.29 is 9.90 Å². The van der Waals surface area contributed by atoms with E-state index >= 15 is 0 Å². The van der Waals surface area contributed by atoms with Crippen molar-refractivity contribution >= 4 is 5.78 Å². The van der Waals surface area contributed by atoms with Crippen molar-refractivity contribution in [2.45, 2.75) is 63.4 Å². The molecule has 0 heterocycles. The Morgan fingerprint density at radius 1 is 1.19 bits per heavy atom. The zero-order valence-corrected chi connectivity index (χ0v) is 9.95. The summed E-state index contributed by atoms with van der Waals surface area (Å²) >= 11 is 0. The lowest BCUT2D eigenvalue weighted by atomic mass is 9.81. The Bertz CT molecular complexity index is 291. The van der Waals surface area contributed by atoms with E-state index in [2.05, 4.69) is 0 Å². The molecule has 0 aliphatic heterocycles. The molecule has 2 bridgehead atoms. The third-order valence-electron chi connectivity index (χ3n) is 5.28. The summed E-state index contributed by atoms with van der Waals surface area (Å²) < 4.78 is 0. The summed E-state index contributed by atoms with van der Waals surface area (Å²) in [6.45, 7) is 0. The summed E-state index contributed by atoms with van der Waals surface area (Å²) in [5.74, 6) is 2.47. The van der Waals surface area contributed by atoms with E-state index in [0.29, 0.717) is 25.2 Å². The summed E-state index contributed by atoms with van der Waals surface area (Å²) in [5.41, 5.74) is -0.929. The van der Waals surface area contributed by atoms with E-state index in [1.165, 1.54) is 25.7 Å². The van der Waals surface area contributed by atoms with Crippen molar-refractivity contribution in [2.75, 3.05) is 0 Å². The topological polar surface area (TPSA) is 37.3 Å². The van der Waals surface area contributed by atoms with Gasteiger partial charge in [-0.15, -0.1) is 0 Å². The second kappa shape index (κ2) is 3.83. The molecule has 3 rings (SSSR count). The van der Waals surface area contributed by atoms with E-state index < -0.39 is 5.60 Å². The third-order valence-corrected chi connectivity index (χ3v) is 5.28. The van der Waals surface area contributed by atoms with E-state index in [1.54, 1.807) is 0 Å². The minimum absolute atomic E-state index is 0.155. The molecule has 3 saturated carbocycles. The summed E-state index contributed by atoms with van der Waals surface area (Å²) in [4.78, 5) is 12.1. The largest absolute Gasteiger partial charge is 0.382 e. The summed E-state index contributed by atoms with van der Waals surface area (Å²) in [7, 11) is 0. The van der Waals surface area contributed by atoms with Crippen LogP contribution in [-0.2, 0) is 4.79 Å². The fourth-order valence-electron chi connectivity index (χ4n) is 4.29. The fourth-order valence-corrected chi connectivity index (χ4v) is 4.29. The molecule has 0 aromatic carbocycles. The molecule has 3 fully saturated rings. The van der Waals surface area contributed by atoms with Gasteiger partial charge >= 0.3 is 0 Å². The molecule has 16 heavy (non-hydrogen) atoms. The Kier molecular flexibility index (Phi) is 2.58. The fraction of sp³-hybridized carbons (Fsp3) is 0.929. The van der Waals surface area contributed by atoms with Crippen LogP contribution in [0, 0.1) is 17.8 Å². The van der Waals surface area contributed by atoms with Gasteiger partial charge in [0.05, 0.1) is 0 Å². The van der Waals surface area contributed by atoms with Gasteiger partial charge in [0, 0.05) is 6.42 Å². The zero-order valence-electron chi connectivity index (χ0n) is 9.95. The van der Waals surface area contributed by atoms with Crippen LogP contribution < -0.4 is 0 Å². The van der Waals surface area contributed by atoms with Crippen LogP contribution in [-0.4, -0.2) is 16.5 Å². The average Bonchev–Trinajstić information content (AvgIpc) is 2.93. The normalized spacial score (nSPS) is 40.4. The standard InChI is InChI=1S/C14H22O2/c15-13(14(16)5-1-2-6-14)9-12-8-10-3-4-11(12)7-10/h10-12,16H,1-9H2. The van der Waals surface area contributed by atoms with Gasteiger partial charge in [-0.1, -0.05) is 6.42 Å². The first kappa shape index (κ1) is 10.8. The monoisotopic (exact) mass is 222 g/mol. The minimum Gasteiger partial charge on any atom is -0.382 e. The molecule has 0 radical (unpaired) electrons. The lowest BCUT2D eigenvalue weighted by Gasteiger charge is -2.26. The van der Waals surface area contributed by atoms with Crippen LogP contribution in [0.5, 0.6) is 0 Å². The first-order valence-electron chi connectivity index (χ1n) is 6.93. The van der Waals surface area contributed by atoms with Gasteiger partial charge in [0.25, 0.3) is 0 Å². The van der Waals surface area contributed by atoms with E-state index in [9.17, 15) is 9.90 Å². The molecule has 0 aromatic rings. The minimum atomic E-state index is -0.929. The van der Waals surface area contributed by atoms with Crippen molar-refractivity contribution in [1.82, 2.24) is 0 Å². The number of hydrogen-bond donors (Lipinski definition) is 1. The molecule has 1 N–H and O–H groups in total. The predicted octanol–water partition coefficient (Wildman–Crippen LogP) is 2.69. The number of hydrogen-bond acceptors (Lipinski definition) is 2. The van der Waals surface area contributed by atoms with Gasteiger partial charge in [-0.3, -0.25) is 4.79 Å². The Morgan fingerprint density at radius 3 is 2.50 bits per heavy atom. The molecule has 2 nitrogen and oxygen atoms in total. The Hall–Kier alpha value is -0.370. The maximum Gasteiger partial charge on any atom is 0.164 e. The van der Waals surface area contributed by atoms with Crippen molar-refractivity contribution in [1.29, 1.82) is 0 Å². The van der Waals surface area contributed by atoms with Gasteiger partial charge in [0.2, 0.25) is 0 Å². The number of rotatable bonds is 3. The molecule has 0 aromatic heterocycles. The number of carbonyl (C=O) groups is 1. The van der Waals surface area contributed by atoms with Crippen LogP contribution in [0.2, 0.25) is 0 Å². The molecule has 3 atom stereocenters. The lowest BCUT2D eigenvalue weighted by molar-refractivity contribution is -0.138. The van der Waals surface area contributed by atoms with E-state index in [0.717, 1.165) is 24.7 Å². The quantitative estimate of drug-likeness (QED) is 0.797. The molecule has 3 unspecified atom stereocenters. The highest BCUT2D eigenvalue weighted by Gasteiger charge is 2.44. The molecule has 0 amide bonds. The predicted molar refractivity (Wildman–Crippen MR) is 62.0 cm³/mol. The molecule has 2 heteroatoms. The zero-order chi connectivity index (χ0) is 11.2. The second-order valence-electron chi connectivity index (χ2n) is 6.30. The number of ketones is 1. The number of fused-ring (bicyclic) bond motifs is 2. The number of aliphatic hydroxyl groups is 1. The summed E-state index contributed by atoms with van der Waals surface area (Å²) in [6.07, 6.45) is 9.48. The Morgan fingerprint density at radius 2 is 1.94 bits per heavy atom. The van der Waals surface area contributed by atoms with Gasteiger partial charge in [0.15, 0.2) is 5.78 Å².